The number of benzene rings is 1. The predicted octanol–water partition coefficient (Wildman–Crippen LogP) is -0.210. The second-order valence-electron chi connectivity index (χ2n) is 4.21. The fourth-order valence-corrected chi connectivity index (χ4v) is 3.66. The standard InChI is InChI=1S/C11H15FN2O4S/c12-8-1-2-11(10(13)5-8)19(16,17)14-3-4-18-7-9(14)6-15/h1-2,5,9,15H,3-4,6-7,13H2. The number of hydrogen-bond donors (Lipinski definition) is 2. The molecule has 19 heavy (non-hydrogen) atoms. The Bertz CT molecular complexity index is 564. The number of aliphatic hydroxyl groups is 1. The summed E-state index contributed by atoms with van der Waals surface area (Å²) in [5.74, 6) is -0.600. The number of rotatable bonds is 3. The van der Waals surface area contributed by atoms with Crippen LogP contribution in [0.5, 0.6) is 0 Å². The van der Waals surface area contributed by atoms with Crippen LogP contribution < -0.4 is 5.73 Å². The predicted molar refractivity (Wildman–Crippen MR) is 66.4 cm³/mol. The molecule has 0 aromatic heterocycles. The summed E-state index contributed by atoms with van der Waals surface area (Å²) in [5, 5.41) is 9.21. The van der Waals surface area contributed by atoms with Gasteiger partial charge >= 0.3 is 0 Å². The van der Waals surface area contributed by atoms with Gasteiger partial charge < -0.3 is 15.6 Å². The molecule has 0 amide bonds. The van der Waals surface area contributed by atoms with Crippen LogP contribution in [0.2, 0.25) is 0 Å². The van der Waals surface area contributed by atoms with Crippen molar-refractivity contribution in [3.8, 4) is 0 Å². The smallest absolute Gasteiger partial charge is 0.245 e. The molecule has 2 rings (SSSR count). The maximum atomic E-state index is 13.0. The molecule has 0 radical (unpaired) electrons. The van der Waals surface area contributed by atoms with Gasteiger partial charge in [-0.25, -0.2) is 12.8 Å². The first-order valence-electron chi connectivity index (χ1n) is 5.72. The molecular weight excluding hydrogens is 275 g/mol. The van der Waals surface area contributed by atoms with Gasteiger partial charge in [0.15, 0.2) is 0 Å². The van der Waals surface area contributed by atoms with Crippen LogP contribution in [0.4, 0.5) is 10.1 Å². The summed E-state index contributed by atoms with van der Waals surface area (Å²) in [4.78, 5) is -0.158. The maximum Gasteiger partial charge on any atom is 0.245 e. The van der Waals surface area contributed by atoms with Crippen LogP contribution in [0.15, 0.2) is 23.1 Å². The van der Waals surface area contributed by atoms with Crippen molar-refractivity contribution in [2.24, 2.45) is 0 Å². The van der Waals surface area contributed by atoms with Gasteiger partial charge in [0.25, 0.3) is 0 Å². The van der Waals surface area contributed by atoms with E-state index in [0.717, 1.165) is 22.5 Å². The maximum absolute atomic E-state index is 13.0. The average molecular weight is 290 g/mol. The summed E-state index contributed by atoms with van der Waals surface area (Å²) in [6, 6.07) is 2.48. The minimum absolute atomic E-state index is 0.122. The molecule has 0 bridgehead atoms. The molecule has 8 heteroatoms. The van der Waals surface area contributed by atoms with Crippen LogP contribution in [0.1, 0.15) is 0 Å². The van der Waals surface area contributed by atoms with Crippen LogP contribution in [0.25, 0.3) is 0 Å². The average Bonchev–Trinajstić information content (AvgIpc) is 2.38. The summed E-state index contributed by atoms with van der Waals surface area (Å²) >= 11 is 0. The van der Waals surface area contributed by atoms with E-state index >= 15 is 0 Å². The molecule has 1 unspecified atom stereocenters. The Morgan fingerprint density at radius 1 is 1.53 bits per heavy atom. The van der Waals surface area contributed by atoms with Gasteiger partial charge in [-0.05, 0) is 18.2 Å². The fourth-order valence-electron chi connectivity index (χ4n) is 1.98. The lowest BCUT2D eigenvalue weighted by molar-refractivity contribution is 0.0109. The van der Waals surface area contributed by atoms with Gasteiger partial charge in [-0.3, -0.25) is 0 Å². The van der Waals surface area contributed by atoms with Crippen molar-refractivity contribution in [1.82, 2.24) is 4.31 Å². The van der Waals surface area contributed by atoms with E-state index in [-0.39, 0.29) is 36.9 Å². The number of nitrogens with zero attached hydrogens (tertiary/aromatic N) is 1. The third-order valence-corrected chi connectivity index (χ3v) is 4.97. The quantitative estimate of drug-likeness (QED) is 0.751. The highest BCUT2D eigenvalue weighted by Crippen LogP contribution is 2.25. The number of anilines is 1. The number of morpholine rings is 1. The van der Waals surface area contributed by atoms with Crippen LogP contribution in [0, 0.1) is 5.82 Å². The molecule has 1 heterocycles. The minimum atomic E-state index is -3.87. The Labute approximate surface area is 110 Å². The van der Waals surface area contributed by atoms with E-state index in [1.807, 2.05) is 0 Å². The zero-order chi connectivity index (χ0) is 14.0. The highest BCUT2D eigenvalue weighted by molar-refractivity contribution is 7.89. The number of hydrogen-bond acceptors (Lipinski definition) is 5. The number of nitrogens with two attached hydrogens (primary N) is 1. The first-order chi connectivity index (χ1) is 8.96. The Morgan fingerprint density at radius 2 is 2.26 bits per heavy atom. The number of nitrogen functional groups attached to an aromatic ring is 1. The van der Waals surface area contributed by atoms with Gasteiger partial charge in [0.05, 0.1) is 31.5 Å². The number of sulfonamides is 1. The van der Waals surface area contributed by atoms with Gasteiger partial charge in [-0.15, -0.1) is 0 Å². The summed E-state index contributed by atoms with van der Waals surface area (Å²) in [6.45, 7) is 0.151. The van der Waals surface area contributed by atoms with Crippen molar-refractivity contribution < 1.29 is 22.7 Å². The van der Waals surface area contributed by atoms with E-state index in [1.165, 1.54) is 0 Å². The second kappa shape index (κ2) is 5.41. The Kier molecular flexibility index (Phi) is 4.04. The Morgan fingerprint density at radius 3 is 2.89 bits per heavy atom. The third kappa shape index (κ3) is 2.71. The molecule has 1 fully saturated rings. The van der Waals surface area contributed by atoms with Crippen molar-refractivity contribution in [3.05, 3.63) is 24.0 Å². The summed E-state index contributed by atoms with van der Waals surface area (Å²) in [5.41, 5.74) is 5.41. The SMILES string of the molecule is Nc1cc(F)ccc1S(=O)(=O)N1CCOCC1CO. The fraction of sp³-hybridized carbons (Fsp3) is 0.455. The van der Waals surface area contributed by atoms with E-state index in [0.29, 0.717) is 0 Å². The molecule has 1 aliphatic rings. The Balaban J connectivity index is 2.40. The van der Waals surface area contributed by atoms with Gasteiger partial charge in [-0.1, -0.05) is 0 Å². The van der Waals surface area contributed by atoms with Crippen molar-refractivity contribution >= 4 is 15.7 Å². The molecule has 1 atom stereocenters. The van der Waals surface area contributed by atoms with E-state index in [4.69, 9.17) is 10.5 Å². The minimum Gasteiger partial charge on any atom is -0.398 e. The molecule has 1 aliphatic heterocycles. The summed E-state index contributed by atoms with van der Waals surface area (Å²) in [7, 11) is -3.87. The second-order valence-corrected chi connectivity index (χ2v) is 6.07. The normalized spacial score (nSPS) is 21.5. The van der Waals surface area contributed by atoms with Gasteiger partial charge in [0.1, 0.15) is 10.7 Å². The lowest BCUT2D eigenvalue weighted by Gasteiger charge is -2.33. The summed E-state index contributed by atoms with van der Waals surface area (Å²) < 4.78 is 44.1. The Hall–Kier alpha value is -1.22. The molecule has 1 aromatic rings. The molecule has 6 nitrogen and oxygen atoms in total. The van der Waals surface area contributed by atoms with Crippen LogP contribution in [-0.4, -0.2) is 50.2 Å². The monoisotopic (exact) mass is 290 g/mol. The molecular formula is C11H15FN2O4S. The van der Waals surface area contributed by atoms with Crippen molar-refractivity contribution in [1.29, 1.82) is 0 Å². The van der Waals surface area contributed by atoms with E-state index < -0.39 is 21.9 Å². The van der Waals surface area contributed by atoms with Gasteiger partial charge in [0.2, 0.25) is 10.0 Å². The molecule has 0 saturated carbocycles. The molecule has 1 aromatic carbocycles. The van der Waals surface area contributed by atoms with E-state index in [2.05, 4.69) is 0 Å². The lowest BCUT2D eigenvalue weighted by atomic mass is 10.3. The molecule has 0 spiro atoms. The van der Waals surface area contributed by atoms with Crippen molar-refractivity contribution in [2.75, 3.05) is 32.1 Å². The highest BCUT2D eigenvalue weighted by Gasteiger charge is 2.34. The lowest BCUT2D eigenvalue weighted by Crippen LogP contribution is -2.50. The van der Waals surface area contributed by atoms with Gasteiger partial charge in [-0.2, -0.15) is 4.31 Å². The first-order valence-corrected chi connectivity index (χ1v) is 7.16. The molecule has 3 N–H and O–H groups in total. The van der Waals surface area contributed by atoms with Gasteiger partial charge in [0, 0.05) is 6.54 Å². The molecule has 0 aliphatic carbocycles. The van der Waals surface area contributed by atoms with Crippen molar-refractivity contribution in [2.45, 2.75) is 10.9 Å². The van der Waals surface area contributed by atoms with Crippen molar-refractivity contribution in [3.63, 3.8) is 0 Å². The molecule has 1 saturated heterocycles. The van der Waals surface area contributed by atoms with Crippen LogP contribution >= 0.6 is 0 Å². The van der Waals surface area contributed by atoms with E-state index in [9.17, 15) is 17.9 Å². The number of halogens is 1. The summed E-state index contributed by atoms with van der Waals surface area (Å²) in [6.07, 6.45) is 0. The highest BCUT2D eigenvalue weighted by atomic mass is 32.2. The van der Waals surface area contributed by atoms with Crippen LogP contribution in [-0.2, 0) is 14.8 Å². The topological polar surface area (TPSA) is 92.9 Å². The van der Waals surface area contributed by atoms with E-state index in [1.54, 1.807) is 0 Å². The zero-order valence-corrected chi connectivity index (χ0v) is 10.9. The third-order valence-electron chi connectivity index (χ3n) is 2.94. The number of ether oxygens (including phenoxy) is 1. The van der Waals surface area contributed by atoms with Crippen LogP contribution in [0.3, 0.4) is 0 Å². The first kappa shape index (κ1) is 14.2. The molecule has 106 valence electrons. The zero-order valence-electron chi connectivity index (χ0n) is 10.1. The number of aliphatic hydroxyl groups excluding tert-OH is 1. The largest absolute Gasteiger partial charge is 0.398 e.